The lowest BCUT2D eigenvalue weighted by molar-refractivity contribution is -0.268. The number of benzene rings is 2. The van der Waals surface area contributed by atoms with Crippen molar-refractivity contribution in [1.82, 2.24) is 0 Å². The number of hydrogen-bond acceptors (Lipinski definition) is 8. The molecule has 0 saturated carbocycles. The molecule has 1 amide bonds. The first-order valence-corrected chi connectivity index (χ1v) is 12.7. The van der Waals surface area contributed by atoms with Crippen LogP contribution in [0.1, 0.15) is 49.9 Å². The highest BCUT2D eigenvalue weighted by Gasteiger charge is 2.38. The van der Waals surface area contributed by atoms with Gasteiger partial charge in [0, 0.05) is 35.6 Å². The van der Waals surface area contributed by atoms with Crippen molar-refractivity contribution in [2.75, 3.05) is 23.4 Å². The fourth-order valence-corrected chi connectivity index (χ4v) is 4.79. The number of esters is 1. The monoisotopic (exact) mass is 503 g/mol. The Morgan fingerprint density at radius 2 is 1.86 bits per heavy atom. The number of nitrogens with one attached hydrogen (secondary N) is 1. The first-order chi connectivity index (χ1) is 16.8. The molecule has 190 valence electrons. The summed E-state index contributed by atoms with van der Waals surface area (Å²) in [5, 5.41) is 21.3. The van der Waals surface area contributed by atoms with Crippen LogP contribution in [0.15, 0.2) is 48.5 Å². The van der Waals surface area contributed by atoms with Crippen LogP contribution in [0.5, 0.6) is 0 Å². The Bertz CT molecular complexity index is 984. The van der Waals surface area contributed by atoms with E-state index >= 15 is 0 Å². The van der Waals surface area contributed by atoms with Crippen LogP contribution in [-0.2, 0) is 30.4 Å². The van der Waals surface area contributed by atoms with Crippen LogP contribution in [0.2, 0.25) is 0 Å². The van der Waals surface area contributed by atoms with E-state index in [-0.39, 0.29) is 31.3 Å². The number of ether oxygens (including phenoxy) is 3. The summed E-state index contributed by atoms with van der Waals surface area (Å²) in [6.07, 6.45) is -1.96. The topological polar surface area (TPSA) is 114 Å². The summed E-state index contributed by atoms with van der Waals surface area (Å²) in [6, 6.07) is 14.9. The summed E-state index contributed by atoms with van der Waals surface area (Å²) in [6.45, 7) is 4.92. The Labute approximate surface area is 210 Å². The van der Waals surface area contributed by atoms with Crippen LogP contribution < -0.4 is 5.32 Å². The van der Waals surface area contributed by atoms with E-state index in [0.717, 1.165) is 16.7 Å². The number of aliphatic hydroxyl groups excluding tert-OH is 2. The standard InChI is InChI=1S/C26H33NO7S/c1-16-23(15-35-12-11-28)33-26(34-24(16)20-9-7-19(14-29)8-10-20)21-5-4-6-22(13-21)27-25(31)17(2)32-18(3)30/h4-10,13,16-17,23-24,26,28-29H,11-12,14-15H2,1-3H3,(H,27,31)/t16-,17-,23+,24+,26?/m0/s1. The van der Waals surface area contributed by atoms with Crippen molar-refractivity contribution in [2.24, 2.45) is 5.92 Å². The largest absolute Gasteiger partial charge is 0.453 e. The van der Waals surface area contributed by atoms with Gasteiger partial charge in [-0.2, -0.15) is 11.8 Å². The Hall–Kier alpha value is -2.43. The minimum atomic E-state index is -0.918. The van der Waals surface area contributed by atoms with Crippen LogP contribution in [0.4, 0.5) is 5.69 Å². The number of carbonyl (C=O) groups excluding carboxylic acids is 2. The molecule has 0 aliphatic carbocycles. The van der Waals surface area contributed by atoms with Gasteiger partial charge in [-0.15, -0.1) is 0 Å². The van der Waals surface area contributed by atoms with Gasteiger partial charge in [0.05, 0.1) is 25.4 Å². The molecule has 0 spiro atoms. The number of anilines is 1. The Kier molecular flexibility index (Phi) is 10.1. The molecule has 1 heterocycles. The summed E-state index contributed by atoms with van der Waals surface area (Å²) < 4.78 is 17.7. The van der Waals surface area contributed by atoms with Gasteiger partial charge in [-0.25, -0.2) is 0 Å². The lowest BCUT2D eigenvalue weighted by Gasteiger charge is -2.41. The van der Waals surface area contributed by atoms with Gasteiger partial charge in [-0.3, -0.25) is 9.59 Å². The van der Waals surface area contributed by atoms with Gasteiger partial charge >= 0.3 is 5.97 Å². The number of hydrogen-bond donors (Lipinski definition) is 3. The molecule has 0 bridgehead atoms. The van der Waals surface area contributed by atoms with Crippen molar-refractivity contribution in [3.63, 3.8) is 0 Å². The zero-order valence-corrected chi connectivity index (χ0v) is 21.0. The van der Waals surface area contributed by atoms with Crippen LogP contribution >= 0.6 is 11.8 Å². The molecule has 5 atom stereocenters. The number of carbonyl (C=O) groups is 2. The lowest BCUT2D eigenvalue weighted by atomic mass is 9.91. The van der Waals surface area contributed by atoms with Crippen LogP contribution in [0.3, 0.4) is 0 Å². The SMILES string of the molecule is CC(=O)O[C@@H](C)C(=O)Nc1cccc(C2O[C@H](CSCCO)[C@H](C)[C@H](c3ccc(CO)cc3)O2)c1. The predicted octanol–water partition coefficient (Wildman–Crippen LogP) is 3.59. The average Bonchev–Trinajstić information content (AvgIpc) is 2.85. The van der Waals surface area contributed by atoms with Gasteiger partial charge in [-0.1, -0.05) is 43.3 Å². The van der Waals surface area contributed by atoms with E-state index in [0.29, 0.717) is 17.2 Å². The molecule has 2 aromatic carbocycles. The van der Waals surface area contributed by atoms with Crippen molar-refractivity contribution in [2.45, 2.75) is 52.0 Å². The molecule has 35 heavy (non-hydrogen) atoms. The molecule has 1 aliphatic rings. The number of amides is 1. The van der Waals surface area contributed by atoms with Crippen molar-refractivity contribution in [3.8, 4) is 0 Å². The number of aliphatic hydroxyl groups is 2. The number of thioether (sulfide) groups is 1. The van der Waals surface area contributed by atoms with E-state index in [1.54, 1.807) is 30.0 Å². The first kappa shape index (κ1) is 27.2. The highest BCUT2D eigenvalue weighted by molar-refractivity contribution is 7.99. The van der Waals surface area contributed by atoms with E-state index in [2.05, 4.69) is 12.2 Å². The quantitative estimate of drug-likeness (QED) is 0.333. The molecule has 1 saturated heterocycles. The third-order valence-corrected chi connectivity index (χ3v) is 6.81. The summed E-state index contributed by atoms with van der Waals surface area (Å²) in [7, 11) is 0. The van der Waals surface area contributed by atoms with Crippen LogP contribution in [-0.4, -0.2) is 52.4 Å². The van der Waals surface area contributed by atoms with Gasteiger partial charge in [0.2, 0.25) is 0 Å². The zero-order chi connectivity index (χ0) is 25.4. The second-order valence-electron chi connectivity index (χ2n) is 8.49. The molecule has 0 radical (unpaired) electrons. The molecule has 1 unspecified atom stereocenters. The van der Waals surface area contributed by atoms with Crippen molar-refractivity contribution < 1.29 is 34.0 Å². The van der Waals surface area contributed by atoms with E-state index in [9.17, 15) is 19.8 Å². The van der Waals surface area contributed by atoms with Crippen molar-refractivity contribution >= 4 is 29.3 Å². The summed E-state index contributed by atoms with van der Waals surface area (Å²) >= 11 is 1.62. The molecule has 2 aromatic rings. The zero-order valence-electron chi connectivity index (χ0n) is 20.2. The minimum Gasteiger partial charge on any atom is -0.453 e. The molecule has 9 heteroatoms. The fourth-order valence-electron chi connectivity index (χ4n) is 3.88. The summed E-state index contributed by atoms with van der Waals surface area (Å²) in [5.41, 5.74) is 3.09. The number of rotatable bonds is 10. The highest BCUT2D eigenvalue weighted by atomic mass is 32.2. The second kappa shape index (κ2) is 13.0. The molecule has 1 aliphatic heterocycles. The average molecular weight is 504 g/mol. The maximum absolute atomic E-state index is 12.4. The summed E-state index contributed by atoms with van der Waals surface area (Å²) in [4.78, 5) is 23.5. The molecule has 3 N–H and O–H groups in total. The molecule has 3 rings (SSSR count). The fraction of sp³-hybridized carbons (Fsp3) is 0.462. The van der Waals surface area contributed by atoms with E-state index in [1.807, 2.05) is 30.3 Å². The van der Waals surface area contributed by atoms with Gasteiger partial charge in [-0.05, 0) is 30.2 Å². The van der Waals surface area contributed by atoms with Crippen molar-refractivity contribution in [3.05, 3.63) is 65.2 Å². The Balaban J connectivity index is 1.81. The molecule has 1 fully saturated rings. The molecule has 0 aromatic heterocycles. The second-order valence-corrected chi connectivity index (χ2v) is 9.64. The normalized spacial score (nSPS) is 22.9. The van der Waals surface area contributed by atoms with E-state index in [4.69, 9.17) is 14.2 Å². The van der Waals surface area contributed by atoms with Crippen LogP contribution in [0, 0.1) is 5.92 Å². The Morgan fingerprint density at radius 1 is 1.11 bits per heavy atom. The Morgan fingerprint density at radius 3 is 2.51 bits per heavy atom. The van der Waals surface area contributed by atoms with Crippen LogP contribution in [0.25, 0.3) is 0 Å². The van der Waals surface area contributed by atoms with Gasteiger partial charge in [0.1, 0.15) is 0 Å². The third kappa shape index (κ3) is 7.52. The minimum absolute atomic E-state index is 0.0257. The molecule has 8 nitrogen and oxygen atoms in total. The molecular formula is C26H33NO7S. The van der Waals surface area contributed by atoms with E-state index < -0.39 is 24.3 Å². The predicted molar refractivity (Wildman–Crippen MR) is 134 cm³/mol. The first-order valence-electron chi connectivity index (χ1n) is 11.6. The smallest absolute Gasteiger partial charge is 0.303 e. The van der Waals surface area contributed by atoms with E-state index in [1.165, 1.54) is 13.8 Å². The molecular weight excluding hydrogens is 470 g/mol. The lowest BCUT2D eigenvalue weighted by Crippen LogP contribution is -2.38. The van der Waals surface area contributed by atoms with Gasteiger partial charge < -0.3 is 29.7 Å². The maximum Gasteiger partial charge on any atom is 0.303 e. The maximum atomic E-state index is 12.4. The summed E-state index contributed by atoms with van der Waals surface area (Å²) in [5.74, 6) is 0.406. The van der Waals surface area contributed by atoms with Gasteiger partial charge in [0.15, 0.2) is 12.4 Å². The van der Waals surface area contributed by atoms with Crippen molar-refractivity contribution in [1.29, 1.82) is 0 Å². The third-order valence-electron chi connectivity index (χ3n) is 5.78. The van der Waals surface area contributed by atoms with Gasteiger partial charge in [0.25, 0.3) is 5.91 Å². The highest BCUT2D eigenvalue weighted by Crippen LogP contribution is 2.42.